The van der Waals surface area contributed by atoms with E-state index in [1.165, 1.54) is 0 Å². The number of hydrogen-bond donors (Lipinski definition) is 0. The fourth-order valence-corrected chi connectivity index (χ4v) is 1.53. The third kappa shape index (κ3) is 1.52. The van der Waals surface area contributed by atoms with Gasteiger partial charge in [-0.15, -0.1) is 11.6 Å². The third-order valence-electron chi connectivity index (χ3n) is 2.04. The van der Waals surface area contributed by atoms with Crippen molar-refractivity contribution in [3.8, 4) is 0 Å². The molecule has 2 aromatic rings. The highest BCUT2D eigenvalue weighted by Crippen LogP contribution is 2.08. The molecule has 0 saturated carbocycles. The smallest absolute Gasteiger partial charge is 0.155 e. The van der Waals surface area contributed by atoms with Crippen LogP contribution >= 0.6 is 11.6 Å². The van der Waals surface area contributed by atoms with Crippen LogP contribution in [0.2, 0.25) is 0 Å². The zero-order valence-corrected chi connectivity index (χ0v) is 8.12. The Morgan fingerprint density at radius 3 is 3.15 bits per heavy atom. The van der Waals surface area contributed by atoms with E-state index in [1.54, 1.807) is 10.7 Å². The predicted octanol–water partition coefficient (Wildman–Crippen LogP) is 1.82. The Labute approximate surface area is 81.4 Å². The first-order valence-electron chi connectivity index (χ1n) is 4.17. The molecule has 0 aromatic carbocycles. The Kier molecular flexibility index (Phi) is 2.19. The number of nitrogens with zero attached hydrogens (tertiary/aromatic N) is 3. The quantitative estimate of drug-likeness (QED) is 0.685. The summed E-state index contributed by atoms with van der Waals surface area (Å²) in [5.74, 6) is 0.620. The van der Waals surface area contributed by atoms with Gasteiger partial charge in [-0.1, -0.05) is 0 Å². The van der Waals surface area contributed by atoms with Crippen LogP contribution in [0.5, 0.6) is 0 Å². The number of alkyl halides is 1. The normalized spacial score (nSPS) is 10.9. The topological polar surface area (TPSA) is 30.2 Å². The molecule has 0 amide bonds. The first-order valence-corrected chi connectivity index (χ1v) is 4.70. The maximum atomic E-state index is 5.68. The lowest BCUT2D eigenvalue weighted by molar-refractivity contribution is 0.896. The number of aryl methyl sites for hydroxylation is 2. The predicted molar refractivity (Wildman–Crippen MR) is 52.1 cm³/mol. The van der Waals surface area contributed by atoms with Crippen molar-refractivity contribution in [2.75, 3.05) is 5.88 Å². The molecular formula is C9H10ClN3. The zero-order valence-electron chi connectivity index (χ0n) is 7.37. The molecule has 68 valence electrons. The molecule has 0 fully saturated rings. The molecule has 13 heavy (non-hydrogen) atoms. The van der Waals surface area contributed by atoms with Crippen LogP contribution < -0.4 is 0 Å². The van der Waals surface area contributed by atoms with Gasteiger partial charge in [0.15, 0.2) is 5.65 Å². The van der Waals surface area contributed by atoms with E-state index in [9.17, 15) is 0 Å². The van der Waals surface area contributed by atoms with Crippen molar-refractivity contribution in [1.29, 1.82) is 0 Å². The van der Waals surface area contributed by atoms with Gasteiger partial charge in [0, 0.05) is 23.8 Å². The molecule has 0 aliphatic carbocycles. The van der Waals surface area contributed by atoms with Crippen molar-refractivity contribution in [1.82, 2.24) is 14.6 Å². The van der Waals surface area contributed by atoms with Gasteiger partial charge in [0.05, 0.1) is 6.20 Å². The molecule has 0 atom stereocenters. The van der Waals surface area contributed by atoms with Crippen molar-refractivity contribution in [3.05, 3.63) is 29.7 Å². The molecular weight excluding hydrogens is 186 g/mol. The summed E-state index contributed by atoms with van der Waals surface area (Å²) in [5, 5.41) is 4.11. The van der Waals surface area contributed by atoms with Crippen LogP contribution in [0.4, 0.5) is 0 Å². The number of aromatic nitrogens is 3. The maximum Gasteiger partial charge on any atom is 0.155 e. The van der Waals surface area contributed by atoms with Crippen molar-refractivity contribution in [2.24, 2.45) is 0 Å². The Morgan fingerprint density at radius 1 is 1.54 bits per heavy atom. The number of rotatable bonds is 2. The van der Waals surface area contributed by atoms with Crippen LogP contribution in [-0.2, 0) is 6.42 Å². The van der Waals surface area contributed by atoms with E-state index in [0.717, 1.165) is 23.3 Å². The summed E-state index contributed by atoms with van der Waals surface area (Å²) in [4.78, 5) is 4.40. The molecule has 0 radical (unpaired) electrons. The third-order valence-corrected chi connectivity index (χ3v) is 2.23. The summed E-state index contributed by atoms with van der Waals surface area (Å²) in [6.45, 7) is 1.99. The Balaban J connectivity index is 2.56. The monoisotopic (exact) mass is 195 g/mol. The highest BCUT2D eigenvalue weighted by Gasteiger charge is 2.02. The fraction of sp³-hybridized carbons (Fsp3) is 0.333. The SMILES string of the molecule is Cc1nc2ccnn2cc1CCCl. The molecule has 0 aliphatic heterocycles. The van der Waals surface area contributed by atoms with Crippen molar-refractivity contribution in [3.63, 3.8) is 0 Å². The molecule has 0 bridgehead atoms. The Bertz CT molecular complexity index is 422. The van der Waals surface area contributed by atoms with Gasteiger partial charge in [0.25, 0.3) is 0 Å². The van der Waals surface area contributed by atoms with E-state index < -0.39 is 0 Å². The van der Waals surface area contributed by atoms with Gasteiger partial charge in [-0.05, 0) is 18.9 Å². The number of hydrogen-bond acceptors (Lipinski definition) is 2. The zero-order chi connectivity index (χ0) is 9.26. The van der Waals surface area contributed by atoms with E-state index in [1.807, 2.05) is 19.2 Å². The first-order chi connectivity index (χ1) is 6.31. The van der Waals surface area contributed by atoms with Crippen molar-refractivity contribution >= 4 is 17.2 Å². The van der Waals surface area contributed by atoms with Crippen LogP contribution in [0.1, 0.15) is 11.3 Å². The molecule has 2 rings (SSSR count). The maximum absolute atomic E-state index is 5.68. The van der Waals surface area contributed by atoms with Gasteiger partial charge >= 0.3 is 0 Å². The van der Waals surface area contributed by atoms with Gasteiger partial charge in [-0.3, -0.25) is 0 Å². The largest absolute Gasteiger partial charge is 0.234 e. The molecule has 3 nitrogen and oxygen atoms in total. The number of halogens is 1. The molecule has 2 heterocycles. The van der Waals surface area contributed by atoms with E-state index in [-0.39, 0.29) is 0 Å². The van der Waals surface area contributed by atoms with Crippen molar-refractivity contribution < 1.29 is 0 Å². The first kappa shape index (κ1) is 8.51. The highest BCUT2D eigenvalue weighted by molar-refractivity contribution is 6.17. The summed E-state index contributed by atoms with van der Waals surface area (Å²) in [6, 6.07) is 1.89. The molecule has 0 unspecified atom stereocenters. The average Bonchev–Trinajstić information content (AvgIpc) is 2.52. The second-order valence-corrected chi connectivity index (χ2v) is 3.30. The van der Waals surface area contributed by atoms with E-state index in [4.69, 9.17) is 11.6 Å². The van der Waals surface area contributed by atoms with Crippen LogP contribution in [0.15, 0.2) is 18.5 Å². The Hall–Kier alpha value is -1.09. The van der Waals surface area contributed by atoms with Crippen LogP contribution in [0, 0.1) is 6.92 Å². The van der Waals surface area contributed by atoms with Gasteiger partial charge in [-0.25, -0.2) is 9.50 Å². The number of fused-ring (bicyclic) bond motifs is 1. The molecule has 0 aliphatic rings. The Morgan fingerprint density at radius 2 is 2.38 bits per heavy atom. The van der Waals surface area contributed by atoms with Gasteiger partial charge < -0.3 is 0 Å². The molecule has 0 saturated heterocycles. The van der Waals surface area contributed by atoms with Crippen LogP contribution in [0.3, 0.4) is 0 Å². The summed E-state index contributed by atoms with van der Waals surface area (Å²) in [6.07, 6.45) is 4.57. The molecule has 2 aromatic heterocycles. The van der Waals surface area contributed by atoms with E-state index in [0.29, 0.717) is 5.88 Å². The van der Waals surface area contributed by atoms with Crippen LogP contribution in [-0.4, -0.2) is 20.5 Å². The fourth-order valence-electron chi connectivity index (χ4n) is 1.33. The second kappa shape index (κ2) is 3.34. The lowest BCUT2D eigenvalue weighted by Gasteiger charge is -2.03. The lowest BCUT2D eigenvalue weighted by atomic mass is 10.2. The molecule has 4 heteroatoms. The summed E-state index contributed by atoms with van der Waals surface area (Å²) < 4.78 is 1.77. The van der Waals surface area contributed by atoms with Crippen molar-refractivity contribution in [2.45, 2.75) is 13.3 Å². The average molecular weight is 196 g/mol. The van der Waals surface area contributed by atoms with E-state index in [2.05, 4.69) is 10.1 Å². The van der Waals surface area contributed by atoms with E-state index >= 15 is 0 Å². The van der Waals surface area contributed by atoms with Gasteiger partial charge in [0.1, 0.15) is 0 Å². The summed E-state index contributed by atoms with van der Waals surface area (Å²) >= 11 is 5.68. The minimum atomic E-state index is 0.620. The van der Waals surface area contributed by atoms with Gasteiger partial charge in [-0.2, -0.15) is 5.10 Å². The molecule has 0 N–H and O–H groups in total. The minimum Gasteiger partial charge on any atom is -0.234 e. The van der Waals surface area contributed by atoms with Crippen LogP contribution in [0.25, 0.3) is 5.65 Å². The minimum absolute atomic E-state index is 0.620. The summed E-state index contributed by atoms with van der Waals surface area (Å²) in [7, 11) is 0. The molecule has 0 spiro atoms. The lowest BCUT2D eigenvalue weighted by Crippen LogP contribution is -1.99. The second-order valence-electron chi connectivity index (χ2n) is 2.92. The van der Waals surface area contributed by atoms with Gasteiger partial charge in [0.2, 0.25) is 0 Å². The standard InChI is InChI=1S/C9H10ClN3/c1-7-8(2-4-10)6-13-9(12-7)3-5-11-13/h3,5-6H,2,4H2,1H3. The highest BCUT2D eigenvalue weighted by atomic mass is 35.5. The summed E-state index contributed by atoms with van der Waals surface area (Å²) in [5.41, 5.74) is 3.08.